The summed E-state index contributed by atoms with van der Waals surface area (Å²) >= 11 is 0. The minimum Gasteiger partial charge on any atom is -0.466 e. The Labute approximate surface area is 207 Å². The van der Waals surface area contributed by atoms with E-state index in [9.17, 15) is 14.4 Å². The van der Waals surface area contributed by atoms with Crippen LogP contribution in [0.25, 0.3) is 33.0 Å². The van der Waals surface area contributed by atoms with E-state index in [1.807, 2.05) is 60.3 Å². The molecule has 0 saturated carbocycles. The molecule has 7 nitrogen and oxygen atoms in total. The predicted molar refractivity (Wildman–Crippen MR) is 136 cm³/mol. The Balaban J connectivity index is 1.56. The molecule has 182 valence electrons. The van der Waals surface area contributed by atoms with Crippen LogP contribution in [0, 0.1) is 5.92 Å². The van der Waals surface area contributed by atoms with Crippen molar-refractivity contribution in [2.45, 2.75) is 32.7 Å². The Morgan fingerprint density at radius 1 is 1.00 bits per heavy atom. The second-order valence-corrected chi connectivity index (χ2v) is 9.58. The number of rotatable bonds is 5. The molecule has 7 heteroatoms. The molecule has 1 atom stereocenters. The van der Waals surface area contributed by atoms with E-state index in [0.29, 0.717) is 29.2 Å². The van der Waals surface area contributed by atoms with Gasteiger partial charge in [-0.2, -0.15) is 0 Å². The number of aryl methyl sites for hydroxylation is 2. The van der Waals surface area contributed by atoms with Crippen LogP contribution in [0.4, 0.5) is 0 Å². The number of aromatic nitrogens is 2. The SMILES string of the molecule is CC(=O)OCCC1CCn2c(c(C3=C(c4cn(C)c5ccccc45)C(=O)OC3=O)c3ccccc32)C1. The zero-order chi connectivity index (χ0) is 25.0. The number of nitrogens with zero attached hydrogens (tertiary/aromatic N) is 2. The molecule has 0 bridgehead atoms. The Morgan fingerprint density at radius 3 is 2.47 bits per heavy atom. The second kappa shape index (κ2) is 8.52. The van der Waals surface area contributed by atoms with Gasteiger partial charge in [-0.3, -0.25) is 4.79 Å². The van der Waals surface area contributed by atoms with Crippen LogP contribution in [0.3, 0.4) is 0 Å². The van der Waals surface area contributed by atoms with Crippen LogP contribution in [0.2, 0.25) is 0 Å². The predicted octanol–water partition coefficient (Wildman–Crippen LogP) is 4.64. The summed E-state index contributed by atoms with van der Waals surface area (Å²) in [5.41, 5.74) is 5.17. The van der Waals surface area contributed by atoms with Gasteiger partial charge in [-0.05, 0) is 37.3 Å². The first-order valence-electron chi connectivity index (χ1n) is 12.2. The first-order valence-corrected chi connectivity index (χ1v) is 12.2. The van der Waals surface area contributed by atoms with Crippen molar-refractivity contribution in [1.29, 1.82) is 0 Å². The first-order chi connectivity index (χ1) is 17.4. The molecule has 0 fully saturated rings. The van der Waals surface area contributed by atoms with Gasteiger partial charge in [0.25, 0.3) is 0 Å². The van der Waals surface area contributed by atoms with Gasteiger partial charge in [0.2, 0.25) is 0 Å². The van der Waals surface area contributed by atoms with E-state index in [0.717, 1.165) is 58.9 Å². The summed E-state index contributed by atoms with van der Waals surface area (Å²) in [5.74, 6) is -1.20. The van der Waals surface area contributed by atoms with E-state index in [-0.39, 0.29) is 5.97 Å². The highest BCUT2D eigenvalue weighted by molar-refractivity contribution is 6.47. The number of cyclic esters (lactones) is 2. The number of ether oxygens (including phenoxy) is 2. The van der Waals surface area contributed by atoms with Gasteiger partial charge in [0.15, 0.2) is 0 Å². The fourth-order valence-electron chi connectivity index (χ4n) is 5.81. The van der Waals surface area contributed by atoms with Gasteiger partial charge >= 0.3 is 17.9 Å². The average molecular weight is 483 g/mol. The number of carbonyl (C=O) groups excluding carboxylic acids is 3. The van der Waals surface area contributed by atoms with Crippen molar-refractivity contribution < 1.29 is 23.9 Å². The molecule has 2 aromatic heterocycles. The summed E-state index contributed by atoms with van der Waals surface area (Å²) in [6, 6.07) is 15.8. The number of para-hydroxylation sites is 2. The summed E-state index contributed by atoms with van der Waals surface area (Å²) in [7, 11) is 1.93. The topological polar surface area (TPSA) is 79.5 Å². The minimum absolute atomic E-state index is 0.280. The normalized spacial score (nSPS) is 17.7. The molecule has 0 radical (unpaired) electrons. The Bertz CT molecular complexity index is 1600. The Kier molecular flexibility index (Phi) is 5.29. The van der Waals surface area contributed by atoms with Crippen molar-refractivity contribution >= 4 is 50.9 Å². The van der Waals surface area contributed by atoms with Gasteiger partial charge in [-0.1, -0.05) is 36.4 Å². The van der Waals surface area contributed by atoms with Gasteiger partial charge in [0.1, 0.15) is 0 Å². The molecular weight excluding hydrogens is 456 g/mol. The summed E-state index contributed by atoms with van der Waals surface area (Å²) < 4.78 is 14.7. The van der Waals surface area contributed by atoms with E-state index < -0.39 is 11.9 Å². The lowest BCUT2D eigenvalue weighted by Crippen LogP contribution is -2.21. The third-order valence-corrected chi connectivity index (χ3v) is 7.41. The highest BCUT2D eigenvalue weighted by atomic mass is 16.6. The number of hydrogen-bond acceptors (Lipinski definition) is 5. The maximum atomic E-state index is 13.3. The van der Waals surface area contributed by atoms with Crippen LogP contribution in [0.1, 0.15) is 36.6 Å². The van der Waals surface area contributed by atoms with Crippen LogP contribution in [-0.4, -0.2) is 33.6 Å². The largest absolute Gasteiger partial charge is 0.466 e. The summed E-state index contributed by atoms with van der Waals surface area (Å²) in [4.78, 5) is 37.7. The third kappa shape index (κ3) is 3.46. The van der Waals surface area contributed by atoms with Crippen molar-refractivity contribution in [3.8, 4) is 0 Å². The van der Waals surface area contributed by atoms with E-state index in [1.54, 1.807) is 0 Å². The zero-order valence-corrected chi connectivity index (χ0v) is 20.2. The third-order valence-electron chi connectivity index (χ3n) is 7.41. The van der Waals surface area contributed by atoms with Crippen molar-refractivity contribution in [2.75, 3.05) is 6.61 Å². The highest BCUT2D eigenvalue weighted by Gasteiger charge is 2.40. The smallest absolute Gasteiger partial charge is 0.347 e. The number of esters is 3. The highest BCUT2D eigenvalue weighted by Crippen LogP contribution is 2.44. The fraction of sp³-hybridized carbons (Fsp3) is 0.276. The number of benzene rings is 2. The van der Waals surface area contributed by atoms with Gasteiger partial charge in [-0.15, -0.1) is 0 Å². The molecule has 0 amide bonds. The van der Waals surface area contributed by atoms with Gasteiger partial charge in [0, 0.05) is 65.3 Å². The number of fused-ring (bicyclic) bond motifs is 4. The molecule has 36 heavy (non-hydrogen) atoms. The lowest BCUT2D eigenvalue weighted by molar-refractivity contribution is -0.149. The van der Waals surface area contributed by atoms with Crippen LogP contribution in [0.5, 0.6) is 0 Å². The maximum Gasteiger partial charge on any atom is 0.347 e. The molecule has 0 saturated heterocycles. The molecule has 0 N–H and O–H groups in total. The van der Waals surface area contributed by atoms with Crippen molar-refractivity contribution in [1.82, 2.24) is 9.13 Å². The van der Waals surface area contributed by atoms with E-state index in [2.05, 4.69) is 10.6 Å². The quantitative estimate of drug-likeness (QED) is 0.306. The molecule has 1 unspecified atom stereocenters. The molecule has 0 aliphatic carbocycles. The van der Waals surface area contributed by atoms with E-state index in [4.69, 9.17) is 9.47 Å². The lowest BCUT2D eigenvalue weighted by Gasteiger charge is -2.25. The molecule has 6 rings (SSSR count). The van der Waals surface area contributed by atoms with Gasteiger partial charge < -0.3 is 18.6 Å². The summed E-state index contributed by atoms with van der Waals surface area (Å²) in [5, 5.41) is 1.84. The average Bonchev–Trinajstić information content (AvgIpc) is 3.46. The fourth-order valence-corrected chi connectivity index (χ4v) is 5.81. The molecule has 4 aromatic rings. The molecule has 4 heterocycles. The van der Waals surface area contributed by atoms with Crippen molar-refractivity contribution in [3.05, 3.63) is 71.5 Å². The van der Waals surface area contributed by atoms with E-state index >= 15 is 0 Å². The molecule has 2 aliphatic heterocycles. The minimum atomic E-state index is -0.613. The van der Waals surface area contributed by atoms with Crippen LogP contribution in [-0.2, 0) is 43.9 Å². The van der Waals surface area contributed by atoms with Gasteiger partial charge in [-0.25, -0.2) is 9.59 Å². The van der Waals surface area contributed by atoms with Crippen molar-refractivity contribution in [3.63, 3.8) is 0 Å². The molecule has 2 aromatic carbocycles. The lowest BCUT2D eigenvalue weighted by atomic mass is 9.88. The zero-order valence-electron chi connectivity index (χ0n) is 20.2. The van der Waals surface area contributed by atoms with Crippen molar-refractivity contribution in [2.24, 2.45) is 13.0 Å². The molecular formula is C29H26N2O5. The Hall–Kier alpha value is -4.13. The van der Waals surface area contributed by atoms with Crippen LogP contribution in [0.15, 0.2) is 54.7 Å². The number of hydrogen-bond donors (Lipinski definition) is 0. The van der Waals surface area contributed by atoms with Crippen LogP contribution >= 0.6 is 0 Å². The second-order valence-electron chi connectivity index (χ2n) is 9.58. The molecule has 0 spiro atoms. The van der Waals surface area contributed by atoms with E-state index in [1.165, 1.54) is 6.92 Å². The van der Waals surface area contributed by atoms with Crippen LogP contribution < -0.4 is 0 Å². The first kappa shape index (κ1) is 22.3. The summed E-state index contributed by atoms with van der Waals surface area (Å²) in [6.07, 6.45) is 4.32. The monoisotopic (exact) mass is 482 g/mol. The standard InChI is InChI=1S/C29H26N2O5/c1-17(32)35-14-12-18-11-13-31-23-10-6-4-8-20(23)25(24(31)15-18)27-26(28(33)36-29(27)34)21-16-30(2)22-9-5-3-7-19(21)22/h3-10,16,18H,11-15H2,1-2H3. The number of carbonyl (C=O) groups is 3. The van der Waals surface area contributed by atoms with Gasteiger partial charge in [0.05, 0.1) is 17.8 Å². The Morgan fingerprint density at radius 2 is 1.69 bits per heavy atom. The maximum absolute atomic E-state index is 13.3. The summed E-state index contributed by atoms with van der Waals surface area (Å²) in [6.45, 7) is 2.58. The molecule has 2 aliphatic rings.